The Labute approximate surface area is 268 Å². The molecular formula is C35H39FN6O4. The number of carbonyl (C=O) groups is 3. The van der Waals surface area contributed by atoms with Crippen LogP contribution in [-0.4, -0.2) is 70.2 Å². The molecule has 1 aliphatic heterocycles. The number of hydrogen-bond donors (Lipinski definition) is 1. The number of amides is 3. The number of aromatic nitrogens is 3. The fourth-order valence-corrected chi connectivity index (χ4v) is 5.40. The molecule has 4 aromatic rings. The Morgan fingerprint density at radius 3 is 2.41 bits per heavy atom. The quantitative estimate of drug-likeness (QED) is 0.294. The van der Waals surface area contributed by atoms with E-state index < -0.39 is 17.9 Å². The van der Waals surface area contributed by atoms with Crippen molar-refractivity contribution in [2.24, 2.45) is 7.05 Å². The van der Waals surface area contributed by atoms with Crippen molar-refractivity contribution in [1.82, 2.24) is 25.0 Å². The summed E-state index contributed by atoms with van der Waals surface area (Å²) in [5.74, 6) is -1.61. The monoisotopic (exact) mass is 626 g/mol. The van der Waals surface area contributed by atoms with Crippen molar-refractivity contribution < 1.29 is 23.5 Å². The van der Waals surface area contributed by atoms with Crippen molar-refractivity contribution in [3.05, 3.63) is 113 Å². The van der Waals surface area contributed by atoms with Crippen LogP contribution in [0.5, 0.6) is 0 Å². The summed E-state index contributed by atoms with van der Waals surface area (Å²) in [5, 5.41) is 7.33. The summed E-state index contributed by atoms with van der Waals surface area (Å²) in [6, 6.07) is 17.5. The fourth-order valence-electron chi connectivity index (χ4n) is 5.40. The molecule has 0 bridgehead atoms. The van der Waals surface area contributed by atoms with Gasteiger partial charge in [-0.3, -0.25) is 28.9 Å². The number of anilines is 1. The van der Waals surface area contributed by atoms with E-state index in [9.17, 15) is 18.8 Å². The summed E-state index contributed by atoms with van der Waals surface area (Å²) in [6.45, 7) is 8.24. The van der Waals surface area contributed by atoms with Crippen LogP contribution in [0.2, 0.25) is 0 Å². The number of carbonyl (C=O) groups excluding carboxylic acids is 3. The number of hydrogen-bond acceptors (Lipinski definition) is 6. The van der Waals surface area contributed by atoms with Crippen LogP contribution in [0, 0.1) is 5.82 Å². The molecule has 3 amide bonds. The molecule has 3 heterocycles. The minimum absolute atomic E-state index is 0.133. The Bertz CT molecular complexity index is 1680. The van der Waals surface area contributed by atoms with Crippen LogP contribution in [0.4, 0.5) is 10.1 Å². The molecule has 11 heteroatoms. The van der Waals surface area contributed by atoms with Gasteiger partial charge in [0.1, 0.15) is 17.6 Å². The lowest BCUT2D eigenvalue weighted by Crippen LogP contribution is -2.45. The normalized spacial score (nSPS) is 14.1. The first-order chi connectivity index (χ1) is 22.0. The molecule has 0 saturated carbocycles. The van der Waals surface area contributed by atoms with E-state index in [4.69, 9.17) is 4.74 Å². The van der Waals surface area contributed by atoms with Crippen molar-refractivity contribution in [3.8, 4) is 0 Å². The Morgan fingerprint density at radius 1 is 1.02 bits per heavy atom. The number of ether oxygens (including phenoxy) is 1. The van der Waals surface area contributed by atoms with Crippen LogP contribution in [0.1, 0.15) is 64.5 Å². The Kier molecular flexibility index (Phi) is 9.91. The average molecular weight is 627 g/mol. The predicted octanol–water partition coefficient (Wildman–Crippen LogP) is 4.47. The molecule has 1 atom stereocenters. The highest BCUT2D eigenvalue weighted by molar-refractivity contribution is 6.10. The van der Waals surface area contributed by atoms with Crippen molar-refractivity contribution in [1.29, 1.82) is 0 Å². The molecule has 1 fully saturated rings. The van der Waals surface area contributed by atoms with Crippen LogP contribution < -0.4 is 10.2 Å². The zero-order valence-corrected chi connectivity index (χ0v) is 26.6. The van der Waals surface area contributed by atoms with E-state index in [0.29, 0.717) is 44.0 Å². The lowest BCUT2D eigenvalue weighted by molar-refractivity contribution is -0.122. The largest absolute Gasteiger partial charge is 0.378 e. The highest BCUT2D eigenvalue weighted by Crippen LogP contribution is 2.32. The highest BCUT2D eigenvalue weighted by Gasteiger charge is 2.36. The van der Waals surface area contributed by atoms with Crippen molar-refractivity contribution >= 4 is 23.4 Å². The molecule has 2 aromatic heterocycles. The maximum Gasteiger partial charge on any atom is 0.277 e. The minimum atomic E-state index is -1.12. The van der Waals surface area contributed by atoms with Gasteiger partial charge >= 0.3 is 0 Å². The molecule has 240 valence electrons. The third-order valence-corrected chi connectivity index (χ3v) is 7.96. The maximum atomic E-state index is 14.6. The van der Waals surface area contributed by atoms with E-state index >= 15 is 0 Å². The first-order valence-electron chi connectivity index (χ1n) is 15.3. The molecule has 1 unspecified atom stereocenters. The standard InChI is InChI=1S/C35H39FN6O4/c1-35(2,3)26-10-12-28(13-11-26)42(34(45)30-22-29(39-40(30)4)33(44)41-17-19-46-20-18-41)31(25-8-6-15-37-23-25)32(43)38-16-14-24-7-5-9-27(36)21-24/h5-13,15,21-23,31H,14,16-20H2,1-4H3,(H,38,43). The van der Waals surface area contributed by atoms with Crippen LogP contribution in [0.25, 0.3) is 0 Å². The summed E-state index contributed by atoms with van der Waals surface area (Å²) in [4.78, 5) is 49.2. The average Bonchev–Trinajstić information content (AvgIpc) is 3.44. The number of halogens is 1. The zero-order chi connectivity index (χ0) is 32.8. The van der Waals surface area contributed by atoms with Gasteiger partial charge in [0.25, 0.3) is 11.8 Å². The molecular weight excluding hydrogens is 587 g/mol. The van der Waals surface area contributed by atoms with E-state index in [2.05, 4.69) is 36.2 Å². The van der Waals surface area contributed by atoms with E-state index in [1.54, 1.807) is 48.6 Å². The first kappa shape index (κ1) is 32.5. The Balaban J connectivity index is 1.53. The summed E-state index contributed by atoms with van der Waals surface area (Å²) in [5.41, 5.74) is 2.89. The molecule has 0 aliphatic carbocycles. The van der Waals surface area contributed by atoms with E-state index in [1.165, 1.54) is 27.8 Å². The second kappa shape index (κ2) is 14.0. The van der Waals surface area contributed by atoms with Crippen molar-refractivity contribution in [2.75, 3.05) is 37.7 Å². The Hall–Kier alpha value is -4.90. The molecule has 2 aromatic carbocycles. The lowest BCUT2D eigenvalue weighted by Gasteiger charge is -2.32. The Morgan fingerprint density at radius 2 is 1.76 bits per heavy atom. The summed E-state index contributed by atoms with van der Waals surface area (Å²) in [7, 11) is 1.60. The van der Waals surface area contributed by atoms with Crippen LogP contribution in [0.3, 0.4) is 0 Å². The van der Waals surface area contributed by atoms with Gasteiger partial charge in [0.15, 0.2) is 5.69 Å². The molecule has 5 rings (SSSR count). The van der Waals surface area contributed by atoms with E-state index in [1.807, 2.05) is 24.3 Å². The smallest absolute Gasteiger partial charge is 0.277 e. The van der Waals surface area contributed by atoms with Gasteiger partial charge in [0.2, 0.25) is 5.91 Å². The van der Waals surface area contributed by atoms with Crippen LogP contribution in [0.15, 0.2) is 79.1 Å². The summed E-state index contributed by atoms with van der Waals surface area (Å²) >= 11 is 0. The molecule has 1 saturated heterocycles. The van der Waals surface area contributed by atoms with Gasteiger partial charge in [-0.2, -0.15) is 5.10 Å². The van der Waals surface area contributed by atoms with E-state index in [-0.39, 0.29) is 35.1 Å². The van der Waals surface area contributed by atoms with Gasteiger partial charge in [-0.1, -0.05) is 51.1 Å². The van der Waals surface area contributed by atoms with Crippen molar-refractivity contribution in [3.63, 3.8) is 0 Å². The van der Waals surface area contributed by atoms with Gasteiger partial charge in [0, 0.05) is 56.4 Å². The predicted molar refractivity (Wildman–Crippen MR) is 172 cm³/mol. The number of benzene rings is 2. The van der Waals surface area contributed by atoms with Crippen LogP contribution >= 0.6 is 0 Å². The van der Waals surface area contributed by atoms with Crippen LogP contribution in [-0.2, 0) is 28.4 Å². The summed E-state index contributed by atoms with van der Waals surface area (Å²) in [6.07, 6.45) is 3.54. The third-order valence-electron chi connectivity index (χ3n) is 7.96. The minimum Gasteiger partial charge on any atom is -0.378 e. The second-order valence-corrected chi connectivity index (χ2v) is 12.3. The molecule has 0 spiro atoms. The van der Waals surface area contributed by atoms with Gasteiger partial charge in [0.05, 0.1) is 13.2 Å². The topological polar surface area (TPSA) is 110 Å². The SMILES string of the molecule is Cn1nc(C(=O)N2CCOCC2)cc1C(=O)N(c1ccc(C(C)(C)C)cc1)C(C(=O)NCCc1cccc(F)c1)c1cccnc1. The van der Waals surface area contributed by atoms with Gasteiger partial charge < -0.3 is 15.0 Å². The first-order valence-corrected chi connectivity index (χ1v) is 15.3. The van der Waals surface area contributed by atoms with Gasteiger partial charge in [-0.15, -0.1) is 0 Å². The fraction of sp³-hybridized carbons (Fsp3) is 0.343. The molecule has 10 nitrogen and oxygen atoms in total. The lowest BCUT2D eigenvalue weighted by atomic mass is 9.87. The molecule has 46 heavy (non-hydrogen) atoms. The zero-order valence-electron chi connectivity index (χ0n) is 26.6. The molecule has 1 aliphatic rings. The van der Waals surface area contributed by atoms with Crippen molar-refractivity contribution in [2.45, 2.75) is 38.6 Å². The summed E-state index contributed by atoms with van der Waals surface area (Å²) < 4.78 is 20.5. The van der Waals surface area contributed by atoms with Gasteiger partial charge in [-0.25, -0.2) is 4.39 Å². The number of aryl methyl sites for hydroxylation is 1. The number of nitrogens with one attached hydrogen (secondary N) is 1. The third kappa shape index (κ3) is 7.48. The number of nitrogens with zero attached hydrogens (tertiary/aromatic N) is 5. The second-order valence-electron chi connectivity index (χ2n) is 12.3. The maximum absolute atomic E-state index is 14.6. The number of morpholine rings is 1. The van der Waals surface area contributed by atoms with E-state index in [0.717, 1.165) is 11.1 Å². The van der Waals surface area contributed by atoms with Gasteiger partial charge in [-0.05, 0) is 53.3 Å². The number of rotatable bonds is 9. The molecule has 1 N–H and O–H groups in total. The highest BCUT2D eigenvalue weighted by atomic mass is 19.1. The molecule has 0 radical (unpaired) electrons. The number of pyridine rings is 1.